The van der Waals surface area contributed by atoms with E-state index in [0.717, 1.165) is 24.8 Å². The lowest BCUT2D eigenvalue weighted by Gasteiger charge is -2.35. The molecule has 0 aliphatic carbocycles. The Labute approximate surface area is 135 Å². The van der Waals surface area contributed by atoms with Crippen LogP contribution < -0.4 is 0 Å². The van der Waals surface area contributed by atoms with Gasteiger partial charge >= 0.3 is 0 Å². The molecule has 22 heavy (non-hydrogen) atoms. The molecule has 1 aromatic heterocycles. The number of hydrogen-bond donors (Lipinski definition) is 0. The van der Waals surface area contributed by atoms with Crippen molar-refractivity contribution in [3.8, 4) is 0 Å². The predicted octanol–water partition coefficient (Wildman–Crippen LogP) is 4.19. The highest BCUT2D eigenvalue weighted by molar-refractivity contribution is 6.31. The number of rotatable bonds is 8. The summed E-state index contributed by atoms with van der Waals surface area (Å²) in [5, 5.41) is 4.55. The predicted molar refractivity (Wildman–Crippen MR) is 84.3 cm³/mol. The Morgan fingerprint density at radius 2 is 2.14 bits per heavy atom. The van der Waals surface area contributed by atoms with Gasteiger partial charge in [0.15, 0.2) is 0 Å². The quantitative estimate of drug-likeness (QED) is 0.730. The number of aromatic nitrogens is 3. The Balaban J connectivity index is 2.44. The molecule has 0 fully saturated rings. The van der Waals surface area contributed by atoms with Crippen LogP contribution in [0.2, 0.25) is 5.02 Å². The summed E-state index contributed by atoms with van der Waals surface area (Å²) < 4.78 is 21.3. The van der Waals surface area contributed by atoms with Crippen molar-refractivity contribution >= 4 is 11.6 Å². The van der Waals surface area contributed by atoms with E-state index in [9.17, 15) is 4.39 Å². The molecule has 0 aliphatic heterocycles. The van der Waals surface area contributed by atoms with E-state index in [1.807, 2.05) is 0 Å². The van der Waals surface area contributed by atoms with Crippen LogP contribution in [0.4, 0.5) is 4.39 Å². The van der Waals surface area contributed by atoms with Crippen molar-refractivity contribution in [2.75, 3.05) is 6.61 Å². The molecule has 1 atom stereocenters. The molecule has 0 N–H and O–H groups in total. The van der Waals surface area contributed by atoms with Gasteiger partial charge in [-0.05, 0) is 25.0 Å². The maximum atomic E-state index is 13.4. The maximum absolute atomic E-state index is 13.4. The summed E-state index contributed by atoms with van der Waals surface area (Å²) in [6, 6.07) is 4.46. The van der Waals surface area contributed by atoms with E-state index in [2.05, 4.69) is 23.9 Å². The molecule has 1 unspecified atom stereocenters. The molecular formula is C16H21ClFN3O. The standard InChI is InChI=1S/C16H21ClFN3O/c1-3-7-16(22-8-4-2,10-21-12-19-11-20-21)14-6-5-13(18)9-15(14)17/h5-6,9,11-12H,3-4,7-8,10H2,1-2H3. The second-order valence-corrected chi connectivity index (χ2v) is 5.72. The maximum Gasteiger partial charge on any atom is 0.137 e. The number of hydrogen-bond acceptors (Lipinski definition) is 3. The van der Waals surface area contributed by atoms with E-state index in [0.29, 0.717) is 18.2 Å². The molecule has 0 saturated carbocycles. The van der Waals surface area contributed by atoms with Crippen molar-refractivity contribution < 1.29 is 9.13 Å². The minimum Gasteiger partial charge on any atom is -0.368 e. The zero-order chi connectivity index (χ0) is 16.0. The summed E-state index contributed by atoms with van der Waals surface area (Å²) in [7, 11) is 0. The smallest absolute Gasteiger partial charge is 0.137 e. The van der Waals surface area contributed by atoms with Crippen LogP contribution in [0, 0.1) is 5.82 Å². The molecule has 2 rings (SSSR count). The van der Waals surface area contributed by atoms with Crippen molar-refractivity contribution in [2.45, 2.75) is 45.3 Å². The van der Waals surface area contributed by atoms with E-state index >= 15 is 0 Å². The highest BCUT2D eigenvalue weighted by atomic mass is 35.5. The van der Waals surface area contributed by atoms with E-state index in [1.54, 1.807) is 17.1 Å². The third kappa shape index (κ3) is 3.84. The first-order valence-electron chi connectivity index (χ1n) is 7.53. The normalized spacial score (nSPS) is 14.0. The summed E-state index contributed by atoms with van der Waals surface area (Å²) >= 11 is 6.30. The summed E-state index contributed by atoms with van der Waals surface area (Å²) in [5.74, 6) is -0.351. The van der Waals surface area contributed by atoms with Crippen LogP contribution in [-0.4, -0.2) is 21.4 Å². The minimum absolute atomic E-state index is 0.351. The molecular weight excluding hydrogens is 305 g/mol. The lowest BCUT2D eigenvalue weighted by Crippen LogP contribution is -2.36. The van der Waals surface area contributed by atoms with Gasteiger partial charge < -0.3 is 4.74 Å². The van der Waals surface area contributed by atoms with Gasteiger partial charge in [0, 0.05) is 17.2 Å². The third-order valence-corrected chi connectivity index (χ3v) is 3.86. The van der Waals surface area contributed by atoms with Gasteiger partial charge in [0.25, 0.3) is 0 Å². The van der Waals surface area contributed by atoms with E-state index in [4.69, 9.17) is 16.3 Å². The van der Waals surface area contributed by atoms with Gasteiger partial charge in [-0.25, -0.2) is 14.1 Å². The summed E-state index contributed by atoms with van der Waals surface area (Å²) in [6.07, 6.45) is 5.70. The molecule has 0 amide bonds. The van der Waals surface area contributed by atoms with Crippen molar-refractivity contribution in [2.24, 2.45) is 0 Å². The average Bonchev–Trinajstić information content (AvgIpc) is 2.98. The Kier molecular flexibility index (Phi) is 5.91. The van der Waals surface area contributed by atoms with Crippen molar-refractivity contribution in [1.82, 2.24) is 14.8 Å². The van der Waals surface area contributed by atoms with Gasteiger partial charge in [-0.3, -0.25) is 0 Å². The van der Waals surface area contributed by atoms with Crippen LogP contribution >= 0.6 is 11.6 Å². The highest BCUT2D eigenvalue weighted by Gasteiger charge is 2.35. The molecule has 2 aromatic rings. The molecule has 6 heteroatoms. The number of halogens is 2. The lowest BCUT2D eigenvalue weighted by molar-refractivity contribution is -0.0718. The Morgan fingerprint density at radius 3 is 2.73 bits per heavy atom. The van der Waals surface area contributed by atoms with Crippen LogP contribution in [0.1, 0.15) is 38.7 Å². The van der Waals surface area contributed by atoms with E-state index in [1.165, 1.54) is 18.5 Å². The van der Waals surface area contributed by atoms with Crippen LogP contribution in [0.5, 0.6) is 0 Å². The molecule has 1 aromatic carbocycles. The van der Waals surface area contributed by atoms with Crippen molar-refractivity contribution in [3.05, 3.63) is 47.3 Å². The molecule has 1 heterocycles. The fraction of sp³-hybridized carbons (Fsp3) is 0.500. The van der Waals surface area contributed by atoms with Gasteiger partial charge in [0.1, 0.15) is 24.1 Å². The number of nitrogens with zero attached hydrogens (tertiary/aromatic N) is 3. The number of ether oxygens (including phenoxy) is 1. The first kappa shape index (κ1) is 16.9. The molecule has 4 nitrogen and oxygen atoms in total. The van der Waals surface area contributed by atoms with Crippen LogP contribution in [0.25, 0.3) is 0 Å². The fourth-order valence-electron chi connectivity index (χ4n) is 2.63. The minimum atomic E-state index is -0.636. The SMILES string of the molecule is CCCOC(CCC)(Cn1cncn1)c1ccc(F)cc1Cl. The van der Waals surface area contributed by atoms with Gasteiger partial charge in [0.2, 0.25) is 0 Å². The molecule has 0 bridgehead atoms. The van der Waals surface area contributed by atoms with E-state index < -0.39 is 5.60 Å². The van der Waals surface area contributed by atoms with Gasteiger partial charge in [-0.15, -0.1) is 0 Å². The zero-order valence-corrected chi connectivity index (χ0v) is 13.7. The van der Waals surface area contributed by atoms with Crippen molar-refractivity contribution in [3.63, 3.8) is 0 Å². The van der Waals surface area contributed by atoms with Crippen LogP contribution in [0.3, 0.4) is 0 Å². The topological polar surface area (TPSA) is 39.9 Å². The van der Waals surface area contributed by atoms with Gasteiger partial charge in [0.05, 0.1) is 6.54 Å². The molecule has 0 saturated heterocycles. The number of benzene rings is 1. The first-order chi connectivity index (χ1) is 10.6. The molecule has 0 spiro atoms. The molecule has 120 valence electrons. The Bertz CT molecular complexity index is 591. The Hall–Kier alpha value is -1.46. The van der Waals surface area contributed by atoms with Gasteiger partial charge in [-0.1, -0.05) is 37.9 Å². The third-order valence-electron chi connectivity index (χ3n) is 3.54. The molecule has 0 radical (unpaired) electrons. The monoisotopic (exact) mass is 325 g/mol. The second kappa shape index (κ2) is 7.70. The van der Waals surface area contributed by atoms with Crippen molar-refractivity contribution in [1.29, 1.82) is 0 Å². The van der Waals surface area contributed by atoms with E-state index in [-0.39, 0.29) is 5.82 Å². The summed E-state index contributed by atoms with van der Waals surface area (Å²) in [6.45, 7) is 5.23. The fourth-order valence-corrected chi connectivity index (χ4v) is 2.97. The Morgan fingerprint density at radius 1 is 1.32 bits per heavy atom. The lowest BCUT2D eigenvalue weighted by atomic mass is 9.88. The highest BCUT2D eigenvalue weighted by Crippen LogP contribution is 2.37. The first-order valence-corrected chi connectivity index (χ1v) is 7.91. The van der Waals surface area contributed by atoms with Crippen LogP contribution in [-0.2, 0) is 16.9 Å². The average molecular weight is 326 g/mol. The second-order valence-electron chi connectivity index (χ2n) is 5.31. The van der Waals surface area contributed by atoms with Crippen LogP contribution in [0.15, 0.2) is 30.9 Å². The molecule has 0 aliphatic rings. The summed E-state index contributed by atoms with van der Waals surface area (Å²) in [4.78, 5) is 3.98. The zero-order valence-electron chi connectivity index (χ0n) is 12.9. The summed E-state index contributed by atoms with van der Waals surface area (Å²) in [5.41, 5.74) is 0.157. The van der Waals surface area contributed by atoms with Gasteiger partial charge in [-0.2, -0.15) is 5.10 Å². The largest absolute Gasteiger partial charge is 0.368 e.